The summed E-state index contributed by atoms with van der Waals surface area (Å²) in [6, 6.07) is 1.93. The SMILES string of the molecule is CC(Cl)C(C)(C)NCCn1cccn1. The molecule has 0 radical (unpaired) electrons. The van der Waals surface area contributed by atoms with Crippen LogP contribution in [0.2, 0.25) is 0 Å². The average Bonchev–Trinajstić information content (AvgIpc) is 2.56. The molecule has 1 unspecified atom stereocenters. The Morgan fingerprint density at radius 3 is 2.79 bits per heavy atom. The topological polar surface area (TPSA) is 29.9 Å². The second-order valence-corrected chi connectivity index (χ2v) is 4.69. The molecule has 1 atom stereocenters. The lowest BCUT2D eigenvalue weighted by Crippen LogP contribution is -2.47. The van der Waals surface area contributed by atoms with Gasteiger partial charge in [-0.15, -0.1) is 11.6 Å². The third-order valence-corrected chi connectivity index (χ3v) is 3.02. The maximum Gasteiger partial charge on any atom is 0.0534 e. The zero-order chi connectivity index (χ0) is 10.6. The first-order valence-electron chi connectivity index (χ1n) is 4.89. The van der Waals surface area contributed by atoms with Crippen molar-refractivity contribution in [2.75, 3.05) is 6.54 Å². The van der Waals surface area contributed by atoms with Gasteiger partial charge < -0.3 is 5.32 Å². The predicted molar refractivity (Wildman–Crippen MR) is 59.6 cm³/mol. The lowest BCUT2D eigenvalue weighted by molar-refractivity contribution is 0.368. The van der Waals surface area contributed by atoms with Crippen LogP contribution in [0.15, 0.2) is 18.5 Å². The van der Waals surface area contributed by atoms with E-state index in [1.807, 2.05) is 23.9 Å². The van der Waals surface area contributed by atoms with E-state index in [1.54, 1.807) is 6.20 Å². The van der Waals surface area contributed by atoms with Gasteiger partial charge in [-0.2, -0.15) is 5.10 Å². The van der Waals surface area contributed by atoms with Crippen LogP contribution in [0.25, 0.3) is 0 Å². The third kappa shape index (κ3) is 3.31. The normalized spacial score (nSPS) is 14.3. The van der Waals surface area contributed by atoms with E-state index in [2.05, 4.69) is 24.3 Å². The molecule has 0 spiro atoms. The summed E-state index contributed by atoms with van der Waals surface area (Å²) >= 11 is 6.05. The number of hydrogen-bond acceptors (Lipinski definition) is 2. The third-order valence-electron chi connectivity index (χ3n) is 2.48. The Hall–Kier alpha value is -0.540. The predicted octanol–water partition coefficient (Wildman–Crippen LogP) is 1.88. The minimum absolute atomic E-state index is 0.0330. The number of hydrogen-bond donors (Lipinski definition) is 1. The van der Waals surface area contributed by atoms with Gasteiger partial charge in [0, 0.05) is 29.9 Å². The molecule has 80 valence electrons. The molecule has 0 aliphatic heterocycles. The minimum atomic E-state index is -0.0330. The van der Waals surface area contributed by atoms with Crippen LogP contribution in [0.1, 0.15) is 20.8 Å². The number of nitrogens with zero attached hydrogens (tertiary/aromatic N) is 2. The Kier molecular flexibility index (Phi) is 3.96. The molecule has 1 N–H and O–H groups in total. The van der Waals surface area contributed by atoms with Crippen LogP contribution < -0.4 is 5.32 Å². The fourth-order valence-electron chi connectivity index (χ4n) is 1.07. The van der Waals surface area contributed by atoms with E-state index in [9.17, 15) is 0 Å². The maximum atomic E-state index is 6.05. The van der Waals surface area contributed by atoms with Crippen LogP contribution in [0.4, 0.5) is 0 Å². The van der Waals surface area contributed by atoms with Crippen molar-refractivity contribution in [1.82, 2.24) is 15.1 Å². The van der Waals surface area contributed by atoms with E-state index in [-0.39, 0.29) is 10.9 Å². The number of nitrogens with one attached hydrogen (secondary N) is 1. The molecular weight excluding hydrogens is 198 g/mol. The van der Waals surface area contributed by atoms with Crippen LogP contribution in [0, 0.1) is 0 Å². The van der Waals surface area contributed by atoms with Gasteiger partial charge in [-0.1, -0.05) is 0 Å². The number of aromatic nitrogens is 2. The standard InChI is InChI=1S/C10H18ClN3/c1-9(11)10(2,3)12-6-8-14-7-4-5-13-14/h4-5,7,9,12H,6,8H2,1-3H3. The number of rotatable bonds is 5. The van der Waals surface area contributed by atoms with E-state index in [1.165, 1.54) is 0 Å². The molecule has 0 bridgehead atoms. The first kappa shape index (κ1) is 11.5. The highest BCUT2D eigenvalue weighted by Gasteiger charge is 2.22. The largest absolute Gasteiger partial charge is 0.308 e. The van der Waals surface area contributed by atoms with Crippen molar-refractivity contribution in [3.8, 4) is 0 Å². The van der Waals surface area contributed by atoms with Crippen molar-refractivity contribution >= 4 is 11.6 Å². The van der Waals surface area contributed by atoms with Crippen LogP contribution in [-0.4, -0.2) is 27.2 Å². The second-order valence-electron chi connectivity index (χ2n) is 4.03. The molecule has 0 amide bonds. The molecule has 14 heavy (non-hydrogen) atoms. The Morgan fingerprint density at radius 2 is 2.29 bits per heavy atom. The molecule has 1 aromatic rings. The van der Waals surface area contributed by atoms with Crippen molar-refractivity contribution in [1.29, 1.82) is 0 Å². The summed E-state index contributed by atoms with van der Waals surface area (Å²) in [5, 5.41) is 7.64. The quantitative estimate of drug-likeness (QED) is 0.761. The fraction of sp³-hybridized carbons (Fsp3) is 0.700. The molecule has 0 fully saturated rings. The van der Waals surface area contributed by atoms with E-state index >= 15 is 0 Å². The van der Waals surface area contributed by atoms with Gasteiger partial charge in [-0.25, -0.2) is 0 Å². The number of halogens is 1. The summed E-state index contributed by atoms with van der Waals surface area (Å²) in [5.41, 5.74) is -0.0330. The summed E-state index contributed by atoms with van der Waals surface area (Å²) in [6.07, 6.45) is 3.74. The highest BCUT2D eigenvalue weighted by Crippen LogP contribution is 2.13. The molecule has 0 aliphatic rings. The highest BCUT2D eigenvalue weighted by atomic mass is 35.5. The zero-order valence-corrected chi connectivity index (χ0v) is 9.75. The van der Waals surface area contributed by atoms with E-state index in [0.29, 0.717) is 0 Å². The van der Waals surface area contributed by atoms with Gasteiger partial charge in [-0.3, -0.25) is 4.68 Å². The Morgan fingerprint density at radius 1 is 1.57 bits per heavy atom. The van der Waals surface area contributed by atoms with Crippen molar-refractivity contribution < 1.29 is 0 Å². The molecule has 1 aromatic heterocycles. The highest BCUT2D eigenvalue weighted by molar-refractivity contribution is 6.21. The molecule has 0 aromatic carbocycles. The van der Waals surface area contributed by atoms with E-state index in [0.717, 1.165) is 13.1 Å². The molecule has 3 nitrogen and oxygen atoms in total. The van der Waals surface area contributed by atoms with Gasteiger partial charge in [0.25, 0.3) is 0 Å². The zero-order valence-electron chi connectivity index (χ0n) is 9.00. The Balaban J connectivity index is 2.28. The lowest BCUT2D eigenvalue weighted by atomic mass is 10.0. The molecule has 1 heterocycles. The summed E-state index contributed by atoms with van der Waals surface area (Å²) in [5.74, 6) is 0. The summed E-state index contributed by atoms with van der Waals surface area (Å²) < 4.78 is 1.90. The minimum Gasteiger partial charge on any atom is -0.308 e. The van der Waals surface area contributed by atoms with Crippen molar-refractivity contribution in [2.24, 2.45) is 0 Å². The summed E-state index contributed by atoms with van der Waals surface area (Å²) in [6.45, 7) is 7.97. The first-order chi connectivity index (χ1) is 6.52. The van der Waals surface area contributed by atoms with E-state index in [4.69, 9.17) is 11.6 Å². The van der Waals surface area contributed by atoms with Gasteiger partial charge in [0.05, 0.1) is 6.54 Å². The molecule has 0 aliphatic carbocycles. The van der Waals surface area contributed by atoms with Crippen LogP contribution >= 0.6 is 11.6 Å². The smallest absolute Gasteiger partial charge is 0.0534 e. The van der Waals surface area contributed by atoms with Crippen LogP contribution in [-0.2, 0) is 6.54 Å². The van der Waals surface area contributed by atoms with Gasteiger partial charge >= 0.3 is 0 Å². The van der Waals surface area contributed by atoms with Crippen molar-refractivity contribution in [2.45, 2.75) is 38.2 Å². The van der Waals surface area contributed by atoms with Crippen molar-refractivity contribution in [3.63, 3.8) is 0 Å². The van der Waals surface area contributed by atoms with Crippen LogP contribution in [0.5, 0.6) is 0 Å². The summed E-state index contributed by atoms with van der Waals surface area (Å²) in [4.78, 5) is 0. The van der Waals surface area contributed by atoms with Gasteiger partial charge in [0.15, 0.2) is 0 Å². The molecule has 0 saturated heterocycles. The first-order valence-corrected chi connectivity index (χ1v) is 5.32. The molecule has 0 saturated carbocycles. The lowest BCUT2D eigenvalue weighted by Gasteiger charge is -2.29. The average molecular weight is 216 g/mol. The Bertz CT molecular complexity index is 254. The summed E-state index contributed by atoms with van der Waals surface area (Å²) in [7, 11) is 0. The monoisotopic (exact) mass is 215 g/mol. The maximum absolute atomic E-state index is 6.05. The second kappa shape index (κ2) is 4.80. The Labute approximate surface area is 90.4 Å². The number of alkyl halides is 1. The van der Waals surface area contributed by atoms with Crippen molar-refractivity contribution in [3.05, 3.63) is 18.5 Å². The van der Waals surface area contributed by atoms with Gasteiger partial charge in [-0.05, 0) is 26.8 Å². The van der Waals surface area contributed by atoms with Crippen LogP contribution in [0.3, 0.4) is 0 Å². The fourth-order valence-corrected chi connectivity index (χ4v) is 1.14. The van der Waals surface area contributed by atoms with Gasteiger partial charge in [0.2, 0.25) is 0 Å². The van der Waals surface area contributed by atoms with Gasteiger partial charge in [0.1, 0.15) is 0 Å². The molecule has 1 rings (SSSR count). The molecular formula is C10H18ClN3. The molecule has 4 heteroatoms. The van der Waals surface area contributed by atoms with E-state index < -0.39 is 0 Å².